The van der Waals surface area contributed by atoms with Crippen LogP contribution in [0.1, 0.15) is 52.0 Å². The summed E-state index contributed by atoms with van der Waals surface area (Å²) >= 11 is 0. The standard InChI is InChI=1S/C23H29NO4/c1-23(2,3)28-22(25)24-18-8-9-19(24)13-20(12-18)27-15-16-6-4-5-7-21(16)17-10-11-26-14-17/h4-7,10-11,14,18-20H,8-9,12-13,15H2,1-3H3. The molecule has 2 bridgehead atoms. The van der Waals surface area contributed by atoms with E-state index in [2.05, 4.69) is 12.1 Å². The van der Waals surface area contributed by atoms with Crippen LogP contribution in [0.15, 0.2) is 47.3 Å². The summed E-state index contributed by atoms with van der Waals surface area (Å²) in [6.07, 6.45) is 7.28. The Kier molecular flexibility index (Phi) is 5.19. The molecule has 3 heterocycles. The molecule has 0 N–H and O–H groups in total. The van der Waals surface area contributed by atoms with Crippen molar-refractivity contribution in [3.8, 4) is 11.1 Å². The van der Waals surface area contributed by atoms with Gasteiger partial charge in [0, 0.05) is 17.6 Å². The minimum Gasteiger partial charge on any atom is -0.472 e. The van der Waals surface area contributed by atoms with Crippen LogP contribution in [0.3, 0.4) is 0 Å². The lowest BCUT2D eigenvalue weighted by molar-refractivity contribution is -0.0395. The second-order valence-corrected chi connectivity index (χ2v) is 8.85. The third-order valence-electron chi connectivity index (χ3n) is 5.62. The summed E-state index contributed by atoms with van der Waals surface area (Å²) < 4.78 is 17.2. The summed E-state index contributed by atoms with van der Waals surface area (Å²) in [4.78, 5) is 14.6. The van der Waals surface area contributed by atoms with E-state index in [0.29, 0.717) is 6.61 Å². The summed E-state index contributed by atoms with van der Waals surface area (Å²) in [6.45, 7) is 6.32. The Balaban J connectivity index is 1.38. The van der Waals surface area contributed by atoms with Crippen molar-refractivity contribution in [2.45, 2.75) is 76.9 Å². The van der Waals surface area contributed by atoms with Gasteiger partial charge in [-0.25, -0.2) is 4.79 Å². The van der Waals surface area contributed by atoms with Crippen LogP contribution < -0.4 is 0 Å². The van der Waals surface area contributed by atoms with E-state index in [-0.39, 0.29) is 24.3 Å². The summed E-state index contributed by atoms with van der Waals surface area (Å²) in [7, 11) is 0. The van der Waals surface area contributed by atoms with Gasteiger partial charge in [0.05, 0.1) is 25.2 Å². The number of furan rings is 1. The molecule has 2 fully saturated rings. The second-order valence-electron chi connectivity index (χ2n) is 8.85. The number of carbonyl (C=O) groups excluding carboxylic acids is 1. The molecule has 5 heteroatoms. The molecule has 0 saturated carbocycles. The zero-order valence-corrected chi connectivity index (χ0v) is 16.9. The van der Waals surface area contributed by atoms with Crippen molar-refractivity contribution in [3.63, 3.8) is 0 Å². The van der Waals surface area contributed by atoms with E-state index in [4.69, 9.17) is 13.9 Å². The van der Waals surface area contributed by atoms with Gasteiger partial charge in [-0.05, 0) is 63.6 Å². The van der Waals surface area contributed by atoms with Crippen LogP contribution in [0.4, 0.5) is 4.79 Å². The molecule has 1 aromatic heterocycles. The van der Waals surface area contributed by atoms with E-state index in [0.717, 1.165) is 42.4 Å². The minimum atomic E-state index is -0.458. The lowest BCUT2D eigenvalue weighted by Crippen LogP contribution is -2.50. The topological polar surface area (TPSA) is 51.9 Å². The molecule has 2 unspecified atom stereocenters. The molecule has 0 radical (unpaired) electrons. The first-order valence-electron chi connectivity index (χ1n) is 10.1. The Labute approximate surface area is 166 Å². The van der Waals surface area contributed by atoms with Gasteiger partial charge in [0.15, 0.2) is 0 Å². The fourth-order valence-corrected chi connectivity index (χ4v) is 4.43. The van der Waals surface area contributed by atoms with Crippen molar-refractivity contribution in [1.82, 2.24) is 4.90 Å². The predicted molar refractivity (Wildman–Crippen MR) is 107 cm³/mol. The van der Waals surface area contributed by atoms with Crippen LogP contribution in [-0.4, -0.2) is 34.8 Å². The summed E-state index contributed by atoms with van der Waals surface area (Å²) in [5.74, 6) is 0. The van der Waals surface area contributed by atoms with E-state index >= 15 is 0 Å². The van der Waals surface area contributed by atoms with E-state index < -0.39 is 5.60 Å². The Bertz CT molecular complexity index is 794. The van der Waals surface area contributed by atoms with Crippen molar-refractivity contribution >= 4 is 6.09 Å². The number of amides is 1. The maximum Gasteiger partial charge on any atom is 0.410 e. The van der Waals surface area contributed by atoms with E-state index in [1.54, 1.807) is 12.5 Å². The van der Waals surface area contributed by atoms with Gasteiger partial charge >= 0.3 is 6.09 Å². The highest BCUT2D eigenvalue weighted by Crippen LogP contribution is 2.38. The lowest BCUT2D eigenvalue weighted by atomic mass is 9.99. The predicted octanol–water partition coefficient (Wildman–Crippen LogP) is 5.39. The molecule has 4 rings (SSSR count). The molecule has 28 heavy (non-hydrogen) atoms. The second kappa shape index (κ2) is 7.63. The van der Waals surface area contributed by atoms with Gasteiger partial charge in [0.1, 0.15) is 5.60 Å². The van der Waals surface area contributed by atoms with Crippen molar-refractivity contribution in [3.05, 3.63) is 48.4 Å². The Hall–Kier alpha value is -2.27. The van der Waals surface area contributed by atoms with Crippen LogP contribution >= 0.6 is 0 Å². The van der Waals surface area contributed by atoms with Crippen LogP contribution in [0.25, 0.3) is 11.1 Å². The number of hydrogen-bond acceptors (Lipinski definition) is 4. The van der Waals surface area contributed by atoms with Gasteiger partial charge < -0.3 is 18.8 Å². The number of nitrogens with zero attached hydrogens (tertiary/aromatic N) is 1. The molecule has 5 nitrogen and oxygen atoms in total. The van der Waals surface area contributed by atoms with Crippen LogP contribution in [0, 0.1) is 0 Å². The molecule has 1 aromatic carbocycles. The monoisotopic (exact) mass is 383 g/mol. The fraction of sp³-hybridized carbons (Fsp3) is 0.522. The van der Waals surface area contributed by atoms with Gasteiger partial charge in [-0.2, -0.15) is 0 Å². The van der Waals surface area contributed by atoms with Crippen molar-refractivity contribution in [1.29, 1.82) is 0 Å². The van der Waals surface area contributed by atoms with Gasteiger partial charge in [-0.3, -0.25) is 0 Å². The number of ether oxygens (including phenoxy) is 2. The zero-order chi connectivity index (χ0) is 19.7. The van der Waals surface area contributed by atoms with Crippen LogP contribution in [-0.2, 0) is 16.1 Å². The normalized spacial score (nSPS) is 24.4. The molecule has 2 atom stereocenters. The summed E-state index contributed by atoms with van der Waals surface area (Å²) in [5.41, 5.74) is 2.91. The molecule has 0 spiro atoms. The quantitative estimate of drug-likeness (QED) is 0.710. The number of benzene rings is 1. The molecular weight excluding hydrogens is 354 g/mol. The largest absolute Gasteiger partial charge is 0.472 e. The van der Waals surface area contributed by atoms with Crippen LogP contribution in [0.2, 0.25) is 0 Å². The first-order valence-corrected chi connectivity index (χ1v) is 10.1. The SMILES string of the molecule is CC(C)(C)OC(=O)N1C2CCC1CC(OCc1ccccc1-c1ccoc1)C2. The van der Waals surface area contributed by atoms with Crippen molar-refractivity contribution in [2.24, 2.45) is 0 Å². The first-order chi connectivity index (χ1) is 13.4. The Morgan fingerprint density at radius 1 is 1.14 bits per heavy atom. The third kappa shape index (κ3) is 4.09. The van der Waals surface area contributed by atoms with Gasteiger partial charge in [0.2, 0.25) is 0 Å². The number of rotatable bonds is 4. The molecule has 2 saturated heterocycles. The molecule has 150 valence electrons. The molecule has 2 aliphatic rings. The molecule has 2 aliphatic heterocycles. The van der Waals surface area contributed by atoms with Gasteiger partial charge in [0.25, 0.3) is 0 Å². The molecule has 2 aromatic rings. The summed E-state index contributed by atoms with van der Waals surface area (Å²) in [6, 6.07) is 10.7. The highest BCUT2D eigenvalue weighted by Gasteiger charge is 2.45. The number of carbonyl (C=O) groups is 1. The maximum atomic E-state index is 12.6. The van der Waals surface area contributed by atoms with Crippen molar-refractivity contribution < 1.29 is 18.7 Å². The van der Waals surface area contributed by atoms with E-state index in [1.165, 1.54) is 0 Å². The van der Waals surface area contributed by atoms with Gasteiger partial charge in [-0.1, -0.05) is 24.3 Å². The van der Waals surface area contributed by atoms with E-state index in [1.807, 2.05) is 43.9 Å². The molecule has 1 amide bonds. The minimum absolute atomic E-state index is 0.175. The smallest absolute Gasteiger partial charge is 0.410 e. The highest BCUT2D eigenvalue weighted by atomic mass is 16.6. The zero-order valence-electron chi connectivity index (χ0n) is 16.9. The Morgan fingerprint density at radius 3 is 2.50 bits per heavy atom. The highest BCUT2D eigenvalue weighted by molar-refractivity contribution is 5.69. The fourth-order valence-electron chi connectivity index (χ4n) is 4.43. The molecule has 0 aliphatic carbocycles. The van der Waals surface area contributed by atoms with Crippen LogP contribution in [0.5, 0.6) is 0 Å². The number of fused-ring (bicyclic) bond motifs is 2. The van der Waals surface area contributed by atoms with Crippen molar-refractivity contribution in [2.75, 3.05) is 0 Å². The third-order valence-corrected chi connectivity index (χ3v) is 5.62. The summed E-state index contributed by atoms with van der Waals surface area (Å²) in [5, 5.41) is 0. The van der Waals surface area contributed by atoms with Gasteiger partial charge in [-0.15, -0.1) is 0 Å². The number of hydrogen-bond donors (Lipinski definition) is 0. The first kappa shape index (κ1) is 19.1. The average molecular weight is 383 g/mol. The number of piperidine rings is 1. The lowest BCUT2D eigenvalue weighted by Gasteiger charge is -2.39. The molecular formula is C23H29NO4. The van der Waals surface area contributed by atoms with E-state index in [9.17, 15) is 4.79 Å². The average Bonchev–Trinajstić information content (AvgIpc) is 3.26. The maximum absolute atomic E-state index is 12.6. The Morgan fingerprint density at radius 2 is 1.86 bits per heavy atom.